The second-order valence-corrected chi connectivity index (χ2v) is 6.38. The molecule has 0 saturated carbocycles. The number of carbonyl (C=O) groups excluding carboxylic acids is 1. The molecule has 0 aliphatic carbocycles. The highest BCUT2D eigenvalue weighted by Gasteiger charge is 2.16. The third-order valence-corrected chi connectivity index (χ3v) is 4.05. The summed E-state index contributed by atoms with van der Waals surface area (Å²) in [7, 11) is 0. The third kappa shape index (κ3) is 6.07. The Morgan fingerprint density at radius 2 is 1.96 bits per heavy atom. The summed E-state index contributed by atoms with van der Waals surface area (Å²) < 4.78 is 6.20. The van der Waals surface area contributed by atoms with Gasteiger partial charge in [0.2, 0.25) is 0 Å². The first-order valence-corrected chi connectivity index (χ1v) is 8.94. The van der Waals surface area contributed by atoms with Crippen LogP contribution in [0.15, 0.2) is 52.0 Å². The number of nitrogens with zero attached hydrogens (tertiary/aromatic N) is 2. The molecule has 142 valence electrons. The third-order valence-electron chi connectivity index (χ3n) is 3.52. The zero-order chi connectivity index (χ0) is 19.8. The van der Waals surface area contributed by atoms with Gasteiger partial charge < -0.3 is 10.1 Å². The summed E-state index contributed by atoms with van der Waals surface area (Å²) in [5, 5.41) is 18.2. The van der Waals surface area contributed by atoms with E-state index in [1.807, 2.05) is 24.3 Å². The Balaban J connectivity index is 1.99. The summed E-state index contributed by atoms with van der Waals surface area (Å²) >= 11 is 3.34. The van der Waals surface area contributed by atoms with Gasteiger partial charge in [0.05, 0.1) is 23.8 Å². The topological polar surface area (TPSA) is 106 Å². The number of anilines is 1. The number of nitro benzene ring substituents is 1. The molecule has 0 unspecified atom stereocenters. The van der Waals surface area contributed by atoms with Crippen LogP contribution in [0.1, 0.15) is 19.4 Å². The lowest BCUT2D eigenvalue weighted by Crippen LogP contribution is -2.26. The van der Waals surface area contributed by atoms with Crippen molar-refractivity contribution in [2.45, 2.75) is 13.8 Å². The molecule has 0 bridgehead atoms. The number of nitrogens with one attached hydrogen (secondary N) is 2. The Hall–Kier alpha value is -2.94. The molecule has 0 fully saturated rings. The summed E-state index contributed by atoms with van der Waals surface area (Å²) in [5.74, 6) is -0.139. The summed E-state index contributed by atoms with van der Waals surface area (Å²) in [6, 6.07) is 11.9. The lowest BCUT2D eigenvalue weighted by Gasteiger charge is -2.08. The van der Waals surface area contributed by atoms with Gasteiger partial charge in [0, 0.05) is 21.8 Å². The minimum atomic E-state index is -0.511. The quantitative estimate of drug-likeness (QED) is 0.374. The molecular weight excluding hydrogens is 416 g/mol. The molecule has 27 heavy (non-hydrogen) atoms. The van der Waals surface area contributed by atoms with Crippen LogP contribution in [0, 0.1) is 10.1 Å². The molecule has 1 amide bonds. The van der Waals surface area contributed by atoms with E-state index in [0.717, 1.165) is 10.2 Å². The Labute approximate surface area is 164 Å². The molecule has 2 aromatic carbocycles. The lowest BCUT2D eigenvalue weighted by atomic mass is 10.1. The Bertz CT molecular complexity index is 853. The smallest absolute Gasteiger partial charge is 0.311 e. The minimum Gasteiger partial charge on any atom is -0.487 e. The zero-order valence-electron chi connectivity index (χ0n) is 14.9. The van der Waals surface area contributed by atoms with Crippen molar-refractivity contribution < 1.29 is 14.5 Å². The number of hydrogen-bond donors (Lipinski definition) is 2. The van der Waals surface area contributed by atoms with Gasteiger partial charge in [0.15, 0.2) is 5.75 Å². The lowest BCUT2D eigenvalue weighted by molar-refractivity contribution is -0.385. The van der Waals surface area contributed by atoms with Crippen molar-refractivity contribution in [3.05, 3.63) is 62.6 Å². The largest absolute Gasteiger partial charge is 0.487 e. The number of benzene rings is 2. The van der Waals surface area contributed by atoms with Crippen LogP contribution in [-0.2, 0) is 4.79 Å². The molecule has 9 heteroatoms. The second-order valence-electron chi connectivity index (χ2n) is 5.47. The molecule has 2 aromatic rings. The van der Waals surface area contributed by atoms with Crippen molar-refractivity contribution in [3.8, 4) is 5.75 Å². The highest BCUT2D eigenvalue weighted by molar-refractivity contribution is 9.10. The number of ether oxygens (including phenoxy) is 1. The van der Waals surface area contributed by atoms with E-state index in [1.165, 1.54) is 12.1 Å². The fourth-order valence-corrected chi connectivity index (χ4v) is 2.43. The first-order valence-electron chi connectivity index (χ1n) is 8.15. The van der Waals surface area contributed by atoms with Crippen molar-refractivity contribution in [2.75, 3.05) is 18.5 Å². The van der Waals surface area contributed by atoms with Gasteiger partial charge in [-0.25, -0.2) is 5.43 Å². The van der Waals surface area contributed by atoms with Gasteiger partial charge in [-0.3, -0.25) is 14.9 Å². The van der Waals surface area contributed by atoms with Crippen LogP contribution in [0.2, 0.25) is 0 Å². The van der Waals surface area contributed by atoms with Crippen LogP contribution in [0.25, 0.3) is 0 Å². The van der Waals surface area contributed by atoms with Crippen molar-refractivity contribution in [1.29, 1.82) is 0 Å². The van der Waals surface area contributed by atoms with E-state index in [-0.39, 0.29) is 23.9 Å². The van der Waals surface area contributed by atoms with Gasteiger partial charge >= 0.3 is 5.69 Å². The van der Waals surface area contributed by atoms with Crippen LogP contribution >= 0.6 is 15.9 Å². The number of hydrogen-bond acceptors (Lipinski definition) is 6. The molecule has 0 heterocycles. The van der Waals surface area contributed by atoms with Gasteiger partial charge in [0.25, 0.3) is 5.91 Å². The van der Waals surface area contributed by atoms with E-state index in [0.29, 0.717) is 17.9 Å². The van der Waals surface area contributed by atoms with Crippen molar-refractivity contribution in [2.24, 2.45) is 5.10 Å². The van der Waals surface area contributed by atoms with E-state index in [9.17, 15) is 14.9 Å². The number of hydrazone groups is 1. The maximum absolute atomic E-state index is 11.9. The van der Waals surface area contributed by atoms with E-state index >= 15 is 0 Å². The molecule has 2 N–H and O–H groups in total. The fraction of sp³-hybridized carbons (Fsp3) is 0.222. The molecule has 0 atom stereocenters. The van der Waals surface area contributed by atoms with E-state index in [4.69, 9.17) is 4.74 Å². The Morgan fingerprint density at radius 3 is 2.59 bits per heavy atom. The first kappa shape index (κ1) is 20.4. The highest BCUT2D eigenvalue weighted by Crippen LogP contribution is 2.28. The molecule has 0 radical (unpaired) electrons. The summed E-state index contributed by atoms with van der Waals surface area (Å²) in [4.78, 5) is 22.6. The average molecular weight is 435 g/mol. The number of rotatable bonds is 8. The number of nitro groups is 1. The normalized spacial score (nSPS) is 11.0. The molecular formula is C18H19BrN4O4. The van der Waals surface area contributed by atoms with Crippen LogP contribution < -0.4 is 15.5 Å². The standard InChI is InChI=1S/C18H19BrN4O4/c1-3-27-17-9-4-13(10-16(17)23(25)26)12(2)21-22-18(24)11-20-15-7-5-14(19)6-8-15/h4-10,20H,3,11H2,1-2H3,(H,22,24)/b21-12-. The molecule has 0 aliphatic heterocycles. The minimum absolute atomic E-state index is 0.0435. The van der Waals surface area contributed by atoms with Gasteiger partial charge in [0.1, 0.15) is 0 Å². The van der Waals surface area contributed by atoms with E-state index in [1.54, 1.807) is 19.9 Å². The van der Waals surface area contributed by atoms with E-state index in [2.05, 4.69) is 31.8 Å². The van der Waals surface area contributed by atoms with Crippen LogP contribution in [0.3, 0.4) is 0 Å². The average Bonchev–Trinajstić information content (AvgIpc) is 2.66. The zero-order valence-corrected chi connectivity index (χ0v) is 16.4. The molecule has 8 nitrogen and oxygen atoms in total. The first-order chi connectivity index (χ1) is 12.9. The van der Waals surface area contributed by atoms with Crippen molar-refractivity contribution >= 4 is 38.9 Å². The highest BCUT2D eigenvalue weighted by atomic mass is 79.9. The van der Waals surface area contributed by atoms with Crippen LogP contribution in [-0.4, -0.2) is 29.7 Å². The SMILES string of the molecule is CCOc1ccc(/C(C)=N\NC(=O)CNc2ccc(Br)cc2)cc1[N+](=O)[O-]. The molecule has 0 saturated heterocycles. The maximum atomic E-state index is 11.9. The van der Waals surface area contributed by atoms with Crippen molar-refractivity contribution in [1.82, 2.24) is 5.43 Å². The Morgan fingerprint density at radius 1 is 1.26 bits per heavy atom. The second kappa shape index (κ2) is 9.67. The summed E-state index contributed by atoms with van der Waals surface area (Å²) in [6.45, 7) is 3.78. The summed E-state index contributed by atoms with van der Waals surface area (Å²) in [5.41, 5.74) is 4.05. The molecule has 0 aromatic heterocycles. The predicted molar refractivity (Wildman–Crippen MR) is 107 cm³/mol. The number of amides is 1. The molecule has 0 aliphatic rings. The summed E-state index contributed by atoms with van der Waals surface area (Å²) in [6.07, 6.45) is 0. The van der Waals surface area contributed by atoms with E-state index < -0.39 is 4.92 Å². The van der Waals surface area contributed by atoms with Crippen molar-refractivity contribution in [3.63, 3.8) is 0 Å². The van der Waals surface area contributed by atoms with Gasteiger partial charge in [-0.05, 0) is 50.2 Å². The Kier molecular flexibility index (Phi) is 7.30. The fourth-order valence-electron chi connectivity index (χ4n) is 2.16. The molecule has 2 rings (SSSR count). The van der Waals surface area contributed by atoms with Gasteiger partial charge in [-0.15, -0.1) is 0 Å². The predicted octanol–water partition coefficient (Wildman–Crippen LogP) is 3.71. The number of halogens is 1. The maximum Gasteiger partial charge on any atom is 0.311 e. The monoisotopic (exact) mass is 434 g/mol. The van der Waals surface area contributed by atoms with Crippen LogP contribution in [0.5, 0.6) is 5.75 Å². The number of carbonyl (C=O) groups is 1. The molecule has 0 spiro atoms. The van der Waals surface area contributed by atoms with Gasteiger partial charge in [-0.2, -0.15) is 5.10 Å². The van der Waals surface area contributed by atoms with Crippen LogP contribution in [0.4, 0.5) is 11.4 Å². The van der Waals surface area contributed by atoms with Gasteiger partial charge in [-0.1, -0.05) is 15.9 Å².